The number of hydrogen-bond acceptors (Lipinski definition) is 4. The minimum atomic E-state index is -0.178. The average Bonchev–Trinajstić information content (AvgIpc) is 3.23. The zero-order valence-electron chi connectivity index (χ0n) is 16.4. The molecule has 0 saturated carbocycles. The Kier molecular flexibility index (Phi) is 6.22. The van der Waals surface area contributed by atoms with E-state index in [4.69, 9.17) is 13.9 Å². The maximum atomic E-state index is 12.2. The quantitative estimate of drug-likeness (QED) is 0.793. The van der Waals surface area contributed by atoms with E-state index in [0.29, 0.717) is 24.8 Å². The second-order valence-corrected chi connectivity index (χ2v) is 7.57. The summed E-state index contributed by atoms with van der Waals surface area (Å²) in [6.07, 6.45) is 4.36. The molecular weight excluding hydrogens is 342 g/mol. The van der Waals surface area contributed by atoms with Crippen molar-refractivity contribution in [2.45, 2.75) is 44.6 Å². The molecule has 1 aromatic heterocycles. The summed E-state index contributed by atoms with van der Waals surface area (Å²) < 4.78 is 16.9. The molecule has 3 rings (SSSR count). The van der Waals surface area contributed by atoms with Crippen molar-refractivity contribution in [2.24, 2.45) is 5.92 Å². The summed E-state index contributed by atoms with van der Waals surface area (Å²) >= 11 is 0. The molecule has 1 fully saturated rings. The van der Waals surface area contributed by atoms with Gasteiger partial charge in [0.05, 0.1) is 19.5 Å². The molecule has 0 radical (unpaired) electrons. The molecule has 146 valence electrons. The first kappa shape index (κ1) is 19.5. The first-order valence-corrected chi connectivity index (χ1v) is 9.62. The van der Waals surface area contributed by atoms with Crippen LogP contribution >= 0.6 is 0 Å². The van der Waals surface area contributed by atoms with E-state index < -0.39 is 0 Å². The van der Waals surface area contributed by atoms with Crippen LogP contribution in [0, 0.1) is 5.92 Å². The molecule has 5 nitrogen and oxygen atoms in total. The summed E-state index contributed by atoms with van der Waals surface area (Å²) in [5.74, 6) is 1.51. The summed E-state index contributed by atoms with van der Waals surface area (Å²) in [7, 11) is 1.71. The highest BCUT2D eigenvalue weighted by atomic mass is 16.5. The third kappa shape index (κ3) is 4.35. The van der Waals surface area contributed by atoms with E-state index in [1.54, 1.807) is 19.2 Å². The van der Waals surface area contributed by atoms with Crippen LogP contribution < -0.4 is 10.1 Å². The SMILES string of the molecule is COc1ccccc1C1(CCNC(=O)c2ccco2)CCOC(C(C)C)C1. The van der Waals surface area contributed by atoms with E-state index >= 15 is 0 Å². The molecule has 0 bridgehead atoms. The van der Waals surface area contributed by atoms with E-state index in [9.17, 15) is 4.79 Å². The number of rotatable bonds is 7. The summed E-state index contributed by atoms with van der Waals surface area (Å²) in [6, 6.07) is 11.6. The Morgan fingerprint density at radius 3 is 2.81 bits per heavy atom. The standard InChI is InChI=1S/C22H29NO4/c1-16(2)20-15-22(11-14-27-20,17-7-4-5-8-18(17)25-3)10-12-23-21(24)19-9-6-13-26-19/h4-9,13,16,20H,10-12,14-15H2,1-3H3,(H,23,24). The summed E-state index contributed by atoms with van der Waals surface area (Å²) in [5.41, 5.74) is 1.12. The van der Waals surface area contributed by atoms with E-state index in [2.05, 4.69) is 31.3 Å². The van der Waals surface area contributed by atoms with Crippen LogP contribution in [-0.4, -0.2) is 32.3 Å². The Labute approximate surface area is 161 Å². The highest BCUT2D eigenvalue weighted by Gasteiger charge is 2.40. The molecule has 2 heterocycles. The molecule has 1 aliphatic rings. The molecule has 1 aliphatic heterocycles. The van der Waals surface area contributed by atoms with E-state index in [-0.39, 0.29) is 17.4 Å². The van der Waals surface area contributed by atoms with Crippen LogP contribution in [0.3, 0.4) is 0 Å². The lowest BCUT2D eigenvalue weighted by Crippen LogP contribution is -2.43. The Balaban J connectivity index is 1.80. The lowest BCUT2D eigenvalue weighted by molar-refractivity contribution is -0.0472. The van der Waals surface area contributed by atoms with E-state index in [1.807, 2.05) is 12.1 Å². The number of benzene rings is 1. The fourth-order valence-electron chi connectivity index (χ4n) is 3.98. The van der Waals surface area contributed by atoms with Crippen molar-refractivity contribution in [3.8, 4) is 5.75 Å². The van der Waals surface area contributed by atoms with Crippen LogP contribution in [0.2, 0.25) is 0 Å². The lowest BCUT2D eigenvalue weighted by Gasteiger charge is -2.43. The summed E-state index contributed by atoms with van der Waals surface area (Å²) in [4.78, 5) is 12.2. The number of ether oxygens (including phenoxy) is 2. The predicted octanol–water partition coefficient (Wildman–Crippen LogP) is 4.18. The number of para-hydroxylation sites is 1. The van der Waals surface area contributed by atoms with Crippen LogP contribution in [0.1, 0.15) is 49.2 Å². The van der Waals surface area contributed by atoms with Gasteiger partial charge in [0.25, 0.3) is 5.91 Å². The molecule has 2 aromatic rings. The fraction of sp³-hybridized carbons (Fsp3) is 0.500. The van der Waals surface area contributed by atoms with E-state index in [1.165, 1.54) is 11.8 Å². The summed E-state index contributed by atoms with van der Waals surface area (Å²) in [5, 5.41) is 2.99. The molecule has 1 amide bonds. The topological polar surface area (TPSA) is 60.7 Å². The van der Waals surface area contributed by atoms with Gasteiger partial charge in [-0.1, -0.05) is 32.0 Å². The van der Waals surface area contributed by atoms with Crippen LogP contribution in [0.5, 0.6) is 5.75 Å². The Bertz CT molecular complexity index is 741. The van der Waals surface area contributed by atoms with Crippen molar-refractivity contribution in [2.75, 3.05) is 20.3 Å². The maximum Gasteiger partial charge on any atom is 0.286 e. The highest BCUT2D eigenvalue weighted by molar-refractivity contribution is 5.91. The van der Waals surface area contributed by atoms with Gasteiger partial charge in [0, 0.05) is 24.1 Å². The van der Waals surface area contributed by atoms with Crippen molar-refractivity contribution in [1.82, 2.24) is 5.32 Å². The zero-order valence-corrected chi connectivity index (χ0v) is 16.4. The van der Waals surface area contributed by atoms with Crippen LogP contribution in [0.25, 0.3) is 0 Å². The molecule has 1 saturated heterocycles. The predicted molar refractivity (Wildman–Crippen MR) is 104 cm³/mol. The maximum absolute atomic E-state index is 12.2. The molecular formula is C22H29NO4. The summed E-state index contributed by atoms with van der Waals surface area (Å²) in [6.45, 7) is 5.68. The molecule has 2 unspecified atom stereocenters. The highest BCUT2D eigenvalue weighted by Crippen LogP contribution is 2.45. The van der Waals surface area contributed by atoms with E-state index in [0.717, 1.165) is 25.0 Å². The molecule has 0 spiro atoms. The number of furan rings is 1. The number of carbonyl (C=O) groups excluding carboxylic acids is 1. The fourth-order valence-corrected chi connectivity index (χ4v) is 3.98. The third-order valence-electron chi connectivity index (χ3n) is 5.56. The van der Waals surface area contributed by atoms with Gasteiger partial charge >= 0.3 is 0 Å². The van der Waals surface area contributed by atoms with Gasteiger partial charge < -0.3 is 19.2 Å². The number of methoxy groups -OCH3 is 1. The molecule has 0 aliphatic carbocycles. The minimum Gasteiger partial charge on any atom is -0.496 e. The first-order chi connectivity index (χ1) is 13.1. The molecule has 1 aromatic carbocycles. The normalized spacial score (nSPS) is 22.6. The van der Waals surface area contributed by atoms with Crippen molar-refractivity contribution in [3.63, 3.8) is 0 Å². The number of nitrogens with one attached hydrogen (secondary N) is 1. The Morgan fingerprint density at radius 1 is 1.30 bits per heavy atom. The Morgan fingerprint density at radius 2 is 2.11 bits per heavy atom. The van der Waals surface area contributed by atoms with Gasteiger partial charge in [0.2, 0.25) is 0 Å². The second kappa shape index (κ2) is 8.61. The molecule has 2 atom stereocenters. The van der Waals surface area contributed by atoms with Crippen molar-refractivity contribution >= 4 is 5.91 Å². The van der Waals surface area contributed by atoms with Gasteiger partial charge in [0.15, 0.2) is 5.76 Å². The van der Waals surface area contributed by atoms with Gasteiger partial charge in [-0.25, -0.2) is 0 Å². The van der Waals surface area contributed by atoms with Crippen molar-refractivity contribution in [1.29, 1.82) is 0 Å². The third-order valence-corrected chi connectivity index (χ3v) is 5.56. The largest absolute Gasteiger partial charge is 0.496 e. The van der Waals surface area contributed by atoms with Crippen LogP contribution in [0.15, 0.2) is 47.1 Å². The van der Waals surface area contributed by atoms with Crippen molar-refractivity contribution in [3.05, 3.63) is 54.0 Å². The molecule has 27 heavy (non-hydrogen) atoms. The number of hydrogen-bond donors (Lipinski definition) is 1. The number of amides is 1. The van der Waals surface area contributed by atoms with Gasteiger partial charge in [-0.05, 0) is 43.4 Å². The molecule has 1 N–H and O–H groups in total. The first-order valence-electron chi connectivity index (χ1n) is 9.62. The lowest BCUT2D eigenvalue weighted by atomic mass is 9.68. The zero-order chi connectivity index (χ0) is 19.3. The van der Waals surface area contributed by atoms with Crippen LogP contribution in [0.4, 0.5) is 0 Å². The second-order valence-electron chi connectivity index (χ2n) is 7.57. The smallest absolute Gasteiger partial charge is 0.286 e. The van der Waals surface area contributed by atoms with Gasteiger partial charge in [-0.2, -0.15) is 0 Å². The Hall–Kier alpha value is -2.27. The average molecular weight is 371 g/mol. The molecule has 5 heteroatoms. The van der Waals surface area contributed by atoms with Crippen LogP contribution in [-0.2, 0) is 10.2 Å². The van der Waals surface area contributed by atoms with Gasteiger partial charge in [-0.15, -0.1) is 0 Å². The van der Waals surface area contributed by atoms with Gasteiger partial charge in [0.1, 0.15) is 5.75 Å². The monoisotopic (exact) mass is 371 g/mol. The van der Waals surface area contributed by atoms with Crippen molar-refractivity contribution < 1.29 is 18.7 Å². The van der Waals surface area contributed by atoms with Gasteiger partial charge in [-0.3, -0.25) is 4.79 Å². The minimum absolute atomic E-state index is 0.0871. The number of carbonyl (C=O) groups is 1.